The minimum atomic E-state index is -1.91. The molecule has 1 aromatic carbocycles. The molecule has 0 amide bonds. The van der Waals surface area contributed by atoms with Gasteiger partial charge in [-0.05, 0) is 42.7 Å². The summed E-state index contributed by atoms with van der Waals surface area (Å²) in [5.41, 5.74) is 1.00. The van der Waals surface area contributed by atoms with Crippen LogP contribution in [-0.2, 0) is 0 Å². The summed E-state index contributed by atoms with van der Waals surface area (Å²) in [4.78, 5) is 0. The Morgan fingerprint density at radius 3 is 2.25 bits per heavy atom. The van der Waals surface area contributed by atoms with Gasteiger partial charge in [-0.2, -0.15) is 0 Å². The molecule has 108 valence electrons. The monoisotopic (exact) mass is 290 g/mol. The van der Waals surface area contributed by atoms with E-state index in [1.807, 2.05) is 0 Å². The molecule has 0 aliphatic heterocycles. The normalized spacial score (nSPS) is 11.6. The summed E-state index contributed by atoms with van der Waals surface area (Å²) in [5, 5.41) is 18.8. The molecule has 0 saturated carbocycles. The van der Waals surface area contributed by atoms with Crippen LogP contribution >= 0.6 is 0 Å². The summed E-state index contributed by atoms with van der Waals surface area (Å²) < 4.78 is 6.20. The van der Waals surface area contributed by atoms with Gasteiger partial charge in [-0.15, -0.1) is 5.92 Å². The molecule has 2 N–H and O–H groups in total. The van der Waals surface area contributed by atoms with Gasteiger partial charge < -0.3 is 14.5 Å². The molecule has 0 aliphatic rings. The fourth-order valence-corrected chi connectivity index (χ4v) is 2.54. The van der Waals surface area contributed by atoms with Crippen molar-refractivity contribution >= 4 is 20.9 Å². The maximum absolute atomic E-state index is 9.34. The zero-order valence-corrected chi connectivity index (χ0v) is 14.1. The maximum Gasteiger partial charge on any atom is 0.489 e. The highest BCUT2D eigenvalue weighted by Crippen LogP contribution is 2.37. The van der Waals surface area contributed by atoms with Crippen molar-refractivity contribution in [3.05, 3.63) is 23.8 Å². The first-order valence-corrected chi connectivity index (χ1v) is 9.61. The van der Waals surface area contributed by atoms with Crippen molar-refractivity contribution in [3.8, 4) is 17.6 Å². The molecular formula is C15H23BO3Si. The lowest BCUT2D eigenvalue weighted by atomic mass is 9.77. The number of hydrogen-bond acceptors (Lipinski definition) is 3. The molecule has 1 aromatic rings. The largest absolute Gasteiger partial charge is 0.543 e. The van der Waals surface area contributed by atoms with E-state index in [4.69, 9.17) is 4.43 Å². The summed E-state index contributed by atoms with van der Waals surface area (Å²) in [7, 11) is -3.43. The zero-order chi connectivity index (χ0) is 15.6. The Morgan fingerprint density at radius 2 is 1.80 bits per heavy atom. The molecule has 0 spiro atoms. The molecule has 0 heterocycles. The van der Waals surface area contributed by atoms with E-state index >= 15 is 0 Å². The predicted octanol–water partition coefficient (Wildman–Crippen LogP) is 2.12. The summed E-state index contributed by atoms with van der Waals surface area (Å²) >= 11 is 0. The average Bonchev–Trinajstić information content (AvgIpc) is 2.27. The lowest BCUT2D eigenvalue weighted by Crippen LogP contribution is -2.44. The summed E-state index contributed by atoms with van der Waals surface area (Å²) in [5.74, 6) is 6.41. The van der Waals surface area contributed by atoms with Crippen LogP contribution in [0.25, 0.3) is 0 Å². The third-order valence-electron chi connectivity index (χ3n) is 3.74. The van der Waals surface area contributed by atoms with Crippen LogP contribution in [0.5, 0.6) is 5.75 Å². The first kappa shape index (κ1) is 16.8. The molecular weight excluding hydrogens is 267 g/mol. The molecule has 3 nitrogen and oxygen atoms in total. The first-order valence-electron chi connectivity index (χ1n) is 6.70. The van der Waals surface area contributed by atoms with Gasteiger partial charge in [0.25, 0.3) is 0 Å². The van der Waals surface area contributed by atoms with Crippen molar-refractivity contribution in [2.75, 3.05) is 0 Å². The summed E-state index contributed by atoms with van der Waals surface area (Å²) in [6.45, 7) is 12.6. The molecule has 5 heteroatoms. The fourth-order valence-electron chi connectivity index (χ4n) is 1.51. The molecule has 0 aliphatic carbocycles. The van der Waals surface area contributed by atoms with Crippen LogP contribution in [0, 0.1) is 11.8 Å². The minimum absolute atomic E-state index is 0.110. The Hall–Kier alpha value is -1.22. The van der Waals surface area contributed by atoms with E-state index in [1.54, 1.807) is 25.1 Å². The predicted molar refractivity (Wildman–Crippen MR) is 86.6 cm³/mol. The molecule has 1 rings (SSSR count). The third-order valence-corrected chi connectivity index (χ3v) is 8.10. The zero-order valence-electron chi connectivity index (χ0n) is 13.1. The highest BCUT2D eigenvalue weighted by molar-refractivity contribution is 6.74. The Bertz CT molecular complexity index is 536. The standard InChI is InChI=1S/C15H23BO3Si/c1-7-8-12-11-13(9-10-14(12)16(17)18)19-20(5,6)15(2,3)4/h9-11,17-18H,1-6H3. The van der Waals surface area contributed by atoms with Crippen molar-refractivity contribution < 1.29 is 14.5 Å². The van der Waals surface area contributed by atoms with Gasteiger partial charge in [-0.25, -0.2) is 0 Å². The van der Waals surface area contributed by atoms with Crippen molar-refractivity contribution in [3.63, 3.8) is 0 Å². The van der Waals surface area contributed by atoms with E-state index in [1.165, 1.54) is 0 Å². The molecule has 0 bridgehead atoms. The molecule has 0 aromatic heterocycles. The molecule has 0 atom stereocenters. The first-order chi connectivity index (χ1) is 9.08. The van der Waals surface area contributed by atoms with Gasteiger partial charge in [0.15, 0.2) is 0 Å². The van der Waals surface area contributed by atoms with Gasteiger partial charge in [0, 0.05) is 5.56 Å². The Kier molecular flexibility index (Phi) is 5.09. The minimum Gasteiger partial charge on any atom is -0.543 e. The van der Waals surface area contributed by atoms with Crippen LogP contribution < -0.4 is 9.89 Å². The van der Waals surface area contributed by atoms with Crippen molar-refractivity contribution in [1.82, 2.24) is 0 Å². The summed E-state index contributed by atoms with van der Waals surface area (Å²) in [6, 6.07) is 5.22. The molecule has 20 heavy (non-hydrogen) atoms. The molecule has 0 saturated heterocycles. The number of benzene rings is 1. The second-order valence-corrected chi connectivity index (χ2v) is 11.1. The van der Waals surface area contributed by atoms with E-state index in [-0.39, 0.29) is 5.04 Å². The lowest BCUT2D eigenvalue weighted by Gasteiger charge is -2.36. The van der Waals surface area contributed by atoms with Gasteiger partial charge in [0.2, 0.25) is 8.32 Å². The molecule has 0 radical (unpaired) electrons. The second-order valence-electron chi connectivity index (χ2n) is 6.36. The quantitative estimate of drug-likeness (QED) is 0.662. The van der Waals surface area contributed by atoms with E-state index in [0.29, 0.717) is 11.0 Å². The van der Waals surface area contributed by atoms with Gasteiger partial charge in [0.05, 0.1) is 0 Å². The summed E-state index contributed by atoms with van der Waals surface area (Å²) in [6.07, 6.45) is 0. The number of rotatable bonds is 3. The Morgan fingerprint density at radius 1 is 1.20 bits per heavy atom. The van der Waals surface area contributed by atoms with E-state index in [9.17, 15) is 10.0 Å². The van der Waals surface area contributed by atoms with Crippen molar-refractivity contribution in [2.45, 2.75) is 45.8 Å². The van der Waals surface area contributed by atoms with Gasteiger partial charge >= 0.3 is 7.12 Å². The van der Waals surface area contributed by atoms with Crippen LogP contribution in [0.3, 0.4) is 0 Å². The molecule has 0 unspecified atom stereocenters. The van der Waals surface area contributed by atoms with Crippen LogP contribution in [0.1, 0.15) is 33.3 Å². The topological polar surface area (TPSA) is 49.7 Å². The number of hydrogen-bond donors (Lipinski definition) is 2. The van der Waals surface area contributed by atoms with Gasteiger partial charge in [-0.3, -0.25) is 0 Å². The maximum atomic E-state index is 9.34. The van der Waals surface area contributed by atoms with Gasteiger partial charge in [0.1, 0.15) is 5.75 Å². The van der Waals surface area contributed by atoms with E-state index < -0.39 is 15.4 Å². The highest BCUT2D eigenvalue weighted by atomic mass is 28.4. The third kappa shape index (κ3) is 3.89. The Labute approximate surface area is 123 Å². The van der Waals surface area contributed by atoms with Crippen LogP contribution in [0.15, 0.2) is 18.2 Å². The molecule has 0 fully saturated rings. The SMILES string of the molecule is CC#Cc1cc(O[Si](C)(C)C(C)(C)C)ccc1B(O)O. The van der Waals surface area contributed by atoms with Gasteiger partial charge in [-0.1, -0.05) is 32.8 Å². The van der Waals surface area contributed by atoms with E-state index in [2.05, 4.69) is 45.7 Å². The second kappa shape index (κ2) is 6.05. The van der Waals surface area contributed by atoms with Crippen molar-refractivity contribution in [2.24, 2.45) is 0 Å². The highest BCUT2D eigenvalue weighted by Gasteiger charge is 2.39. The van der Waals surface area contributed by atoms with Crippen molar-refractivity contribution in [1.29, 1.82) is 0 Å². The lowest BCUT2D eigenvalue weighted by molar-refractivity contribution is 0.425. The Balaban J connectivity index is 3.16. The van der Waals surface area contributed by atoms with Crippen LogP contribution in [0.4, 0.5) is 0 Å². The smallest absolute Gasteiger partial charge is 0.489 e. The average molecular weight is 290 g/mol. The van der Waals surface area contributed by atoms with E-state index in [0.717, 1.165) is 5.75 Å². The fraction of sp³-hybridized carbons (Fsp3) is 0.467. The van der Waals surface area contributed by atoms with Crippen LogP contribution in [-0.4, -0.2) is 25.5 Å². The van der Waals surface area contributed by atoms with Crippen LogP contribution in [0.2, 0.25) is 18.1 Å².